The van der Waals surface area contributed by atoms with Gasteiger partial charge in [0.25, 0.3) is 0 Å². The number of amides is 1. The molecule has 1 atom stereocenters. The van der Waals surface area contributed by atoms with E-state index in [0.717, 1.165) is 5.39 Å². The Morgan fingerprint density at radius 3 is 2.95 bits per heavy atom. The Morgan fingerprint density at radius 2 is 2.20 bits per heavy atom. The van der Waals surface area contributed by atoms with Gasteiger partial charge in [0.05, 0.1) is 6.42 Å². The van der Waals surface area contributed by atoms with Crippen LogP contribution in [0.2, 0.25) is 0 Å². The largest absolute Gasteiger partial charge is 0.356 e. The molecule has 6 heteroatoms. The van der Waals surface area contributed by atoms with Crippen LogP contribution in [-0.4, -0.2) is 23.7 Å². The first-order chi connectivity index (χ1) is 9.24. The molecule has 20 heavy (non-hydrogen) atoms. The average molecular weight is 296 g/mol. The van der Waals surface area contributed by atoms with Crippen LogP contribution in [0.15, 0.2) is 28.8 Å². The van der Waals surface area contributed by atoms with Gasteiger partial charge in [-0.3, -0.25) is 4.79 Å². The number of benzene rings is 1. The van der Waals surface area contributed by atoms with Crippen molar-refractivity contribution in [2.24, 2.45) is 11.7 Å². The third-order valence-electron chi connectivity index (χ3n) is 3.54. The van der Waals surface area contributed by atoms with Gasteiger partial charge in [0, 0.05) is 18.0 Å². The maximum absolute atomic E-state index is 11.9. The summed E-state index contributed by atoms with van der Waals surface area (Å²) in [5.74, 6) is 0.531. The minimum atomic E-state index is -0.0600. The van der Waals surface area contributed by atoms with Crippen molar-refractivity contribution in [2.45, 2.75) is 25.3 Å². The minimum Gasteiger partial charge on any atom is -0.356 e. The Hall–Kier alpha value is -1.59. The zero-order chi connectivity index (χ0) is 13.2. The van der Waals surface area contributed by atoms with Gasteiger partial charge in [0.2, 0.25) is 5.91 Å². The number of halogens is 1. The summed E-state index contributed by atoms with van der Waals surface area (Å²) in [6.45, 7) is 0.541. The summed E-state index contributed by atoms with van der Waals surface area (Å²) >= 11 is 0. The molecule has 1 unspecified atom stereocenters. The Bertz CT molecular complexity index is 595. The fourth-order valence-electron chi connectivity index (χ4n) is 2.20. The zero-order valence-corrected chi connectivity index (χ0v) is 11.9. The maximum atomic E-state index is 11.9. The molecule has 108 valence electrons. The maximum Gasteiger partial charge on any atom is 0.226 e. The average Bonchev–Trinajstić information content (AvgIpc) is 3.20. The molecule has 0 saturated heterocycles. The highest BCUT2D eigenvalue weighted by Crippen LogP contribution is 2.31. The van der Waals surface area contributed by atoms with Crippen molar-refractivity contribution < 1.29 is 9.32 Å². The Kier molecular flexibility index (Phi) is 4.62. The highest BCUT2D eigenvalue weighted by Gasteiger charge is 2.28. The second kappa shape index (κ2) is 6.24. The van der Waals surface area contributed by atoms with E-state index in [1.807, 2.05) is 24.3 Å². The van der Waals surface area contributed by atoms with Crippen LogP contribution < -0.4 is 11.1 Å². The van der Waals surface area contributed by atoms with Crippen molar-refractivity contribution in [3.8, 4) is 0 Å². The summed E-state index contributed by atoms with van der Waals surface area (Å²) in [6, 6.07) is 7.62. The van der Waals surface area contributed by atoms with Crippen molar-refractivity contribution in [3.05, 3.63) is 30.0 Å². The third kappa shape index (κ3) is 3.29. The number of hydrogen-bond acceptors (Lipinski definition) is 4. The van der Waals surface area contributed by atoms with Crippen LogP contribution in [0.4, 0.5) is 0 Å². The number of carbonyl (C=O) groups is 1. The number of para-hydroxylation sites is 1. The number of rotatable bonds is 5. The Morgan fingerprint density at radius 1 is 1.45 bits per heavy atom. The van der Waals surface area contributed by atoms with Crippen molar-refractivity contribution >= 4 is 29.3 Å². The number of carbonyl (C=O) groups excluding carboxylic acids is 1. The van der Waals surface area contributed by atoms with Gasteiger partial charge in [0.1, 0.15) is 5.69 Å². The zero-order valence-electron chi connectivity index (χ0n) is 11.0. The summed E-state index contributed by atoms with van der Waals surface area (Å²) in [6.07, 6.45) is 2.60. The topological polar surface area (TPSA) is 81.1 Å². The first-order valence-electron chi connectivity index (χ1n) is 6.59. The van der Waals surface area contributed by atoms with Crippen LogP contribution in [0.25, 0.3) is 11.0 Å². The van der Waals surface area contributed by atoms with Crippen LogP contribution in [0.1, 0.15) is 18.5 Å². The molecule has 1 heterocycles. The number of fused-ring (bicyclic) bond motifs is 1. The van der Waals surface area contributed by atoms with Crippen LogP contribution in [0.3, 0.4) is 0 Å². The van der Waals surface area contributed by atoms with Crippen molar-refractivity contribution in [1.82, 2.24) is 10.5 Å². The Labute approximate surface area is 123 Å². The first-order valence-corrected chi connectivity index (χ1v) is 6.59. The van der Waals surface area contributed by atoms with Crippen molar-refractivity contribution in [3.63, 3.8) is 0 Å². The van der Waals surface area contributed by atoms with Gasteiger partial charge in [-0.05, 0) is 30.9 Å². The number of hydrogen-bond donors (Lipinski definition) is 2. The van der Waals surface area contributed by atoms with Crippen LogP contribution in [0.5, 0.6) is 0 Å². The molecule has 3 rings (SSSR count). The molecule has 0 radical (unpaired) electrons. The highest BCUT2D eigenvalue weighted by atomic mass is 35.5. The number of nitrogens with two attached hydrogens (primary N) is 1. The fraction of sp³-hybridized carbons (Fsp3) is 0.429. The molecule has 1 fully saturated rings. The molecule has 0 bridgehead atoms. The standard InChI is InChI=1S/C14H17N3O2.ClH/c15-11(9-5-6-9)8-16-14(18)7-12-10-3-1-2-4-13(10)19-17-12;/h1-4,9,11H,5-8,15H2,(H,16,18);1H. The smallest absolute Gasteiger partial charge is 0.226 e. The lowest BCUT2D eigenvalue weighted by Gasteiger charge is -2.10. The van der Waals surface area contributed by atoms with Gasteiger partial charge in [-0.25, -0.2) is 0 Å². The van der Waals surface area contributed by atoms with E-state index < -0.39 is 0 Å². The summed E-state index contributed by atoms with van der Waals surface area (Å²) < 4.78 is 5.17. The first kappa shape index (κ1) is 14.8. The van der Waals surface area contributed by atoms with E-state index in [-0.39, 0.29) is 30.8 Å². The van der Waals surface area contributed by atoms with E-state index in [4.69, 9.17) is 10.3 Å². The second-order valence-corrected chi connectivity index (χ2v) is 5.11. The summed E-state index contributed by atoms with van der Waals surface area (Å²) in [7, 11) is 0. The molecular formula is C14H18ClN3O2. The molecule has 0 aliphatic heterocycles. The normalized spacial score (nSPS) is 15.7. The summed E-state index contributed by atoms with van der Waals surface area (Å²) in [5.41, 5.74) is 7.32. The quantitative estimate of drug-likeness (QED) is 0.879. The summed E-state index contributed by atoms with van der Waals surface area (Å²) in [4.78, 5) is 11.9. The van der Waals surface area contributed by atoms with Crippen LogP contribution >= 0.6 is 12.4 Å². The van der Waals surface area contributed by atoms with Gasteiger partial charge < -0.3 is 15.6 Å². The summed E-state index contributed by atoms with van der Waals surface area (Å²) in [5, 5.41) is 7.70. The number of nitrogens with one attached hydrogen (secondary N) is 1. The number of nitrogens with zero attached hydrogens (tertiary/aromatic N) is 1. The van der Waals surface area contributed by atoms with E-state index in [1.165, 1.54) is 12.8 Å². The van der Waals surface area contributed by atoms with Crippen LogP contribution in [0, 0.1) is 5.92 Å². The van der Waals surface area contributed by atoms with Gasteiger partial charge in [-0.15, -0.1) is 12.4 Å². The van der Waals surface area contributed by atoms with Gasteiger partial charge in [-0.2, -0.15) is 0 Å². The third-order valence-corrected chi connectivity index (χ3v) is 3.54. The van der Waals surface area contributed by atoms with E-state index >= 15 is 0 Å². The van der Waals surface area contributed by atoms with E-state index in [9.17, 15) is 4.79 Å². The van der Waals surface area contributed by atoms with E-state index in [2.05, 4.69) is 10.5 Å². The molecule has 1 aromatic carbocycles. The van der Waals surface area contributed by atoms with Gasteiger partial charge >= 0.3 is 0 Å². The van der Waals surface area contributed by atoms with Crippen molar-refractivity contribution in [1.29, 1.82) is 0 Å². The fourth-order valence-corrected chi connectivity index (χ4v) is 2.20. The molecule has 0 spiro atoms. The molecule has 5 nitrogen and oxygen atoms in total. The SMILES string of the molecule is Cl.NC(CNC(=O)Cc1noc2ccccc12)C1CC1. The lowest BCUT2D eigenvalue weighted by Crippen LogP contribution is -2.39. The lowest BCUT2D eigenvalue weighted by molar-refractivity contribution is -0.120. The van der Waals surface area contributed by atoms with Crippen molar-refractivity contribution in [2.75, 3.05) is 6.54 Å². The molecule has 1 aromatic heterocycles. The number of aromatic nitrogens is 1. The molecular weight excluding hydrogens is 278 g/mol. The minimum absolute atomic E-state index is 0. The van der Waals surface area contributed by atoms with Gasteiger partial charge in [0.15, 0.2) is 5.58 Å². The lowest BCUT2D eigenvalue weighted by atomic mass is 10.1. The van der Waals surface area contributed by atoms with E-state index in [0.29, 0.717) is 23.7 Å². The predicted molar refractivity (Wildman–Crippen MR) is 78.7 cm³/mol. The molecule has 1 saturated carbocycles. The van der Waals surface area contributed by atoms with E-state index in [1.54, 1.807) is 0 Å². The molecule has 1 aliphatic carbocycles. The second-order valence-electron chi connectivity index (χ2n) is 5.11. The molecule has 1 aliphatic rings. The predicted octanol–water partition coefficient (Wildman–Crippen LogP) is 1.65. The molecule has 3 N–H and O–H groups in total. The Balaban J connectivity index is 0.00000147. The molecule has 1 amide bonds. The monoisotopic (exact) mass is 295 g/mol. The van der Waals surface area contributed by atoms with Gasteiger partial charge in [-0.1, -0.05) is 17.3 Å². The van der Waals surface area contributed by atoms with Crippen LogP contribution in [-0.2, 0) is 11.2 Å². The highest BCUT2D eigenvalue weighted by molar-refractivity contribution is 5.86. The molecule has 2 aromatic rings.